The van der Waals surface area contributed by atoms with Gasteiger partial charge in [0.25, 0.3) is 0 Å². The number of nitrogens with zero attached hydrogens (tertiary/aromatic N) is 2. The van der Waals surface area contributed by atoms with Crippen molar-refractivity contribution in [2.75, 3.05) is 31.2 Å². The number of ether oxygens (including phenoxy) is 2. The van der Waals surface area contributed by atoms with Crippen LogP contribution in [0.1, 0.15) is 13.8 Å². The zero-order valence-corrected chi connectivity index (χ0v) is 13.3. The van der Waals surface area contributed by atoms with E-state index < -0.39 is 6.10 Å². The third kappa shape index (κ3) is 4.47. The summed E-state index contributed by atoms with van der Waals surface area (Å²) >= 11 is 2.25. The Morgan fingerprint density at radius 3 is 3.11 bits per heavy atom. The van der Waals surface area contributed by atoms with E-state index >= 15 is 0 Å². The number of anilines is 1. The van der Waals surface area contributed by atoms with Crippen molar-refractivity contribution in [1.82, 2.24) is 4.98 Å². The van der Waals surface area contributed by atoms with E-state index in [0.29, 0.717) is 5.88 Å². The number of hydrogen-bond acceptors (Lipinski definition) is 5. The second-order valence-electron chi connectivity index (χ2n) is 4.77. The summed E-state index contributed by atoms with van der Waals surface area (Å²) < 4.78 is 12.1. The van der Waals surface area contributed by atoms with Crippen molar-refractivity contribution in [1.29, 1.82) is 0 Å². The summed E-state index contributed by atoms with van der Waals surface area (Å²) in [6, 6.07) is 3.91. The highest BCUT2D eigenvalue weighted by atomic mass is 127. The van der Waals surface area contributed by atoms with E-state index in [4.69, 9.17) is 9.47 Å². The third-order valence-electron chi connectivity index (χ3n) is 2.79. The second kappa shape index (κ2) is 6.71. The highest BCUT2D eigenvalue weighted by Crippen LogP contribution is 2.22. The zero-order chi connectivity index (χ0) is 13.8. The molecule has 1 aromatic heterocycles. The Kier molecular flexibility index (Phi) is 5.23. The lowest BCUT2D eigenvalue weighted by atomic mass is 10.3. The van der Waals surface area contributed by atoms with Crippen molar-refractivity contribution in [2.24, 2.45) is 0 Å². The van der Waals surface area contributed by atoms with Gasteiger partial charge in [-0.25, -0.2) is 0 Å². The molecule has 6 heteroatoms. The molecule has 0 bridgehead atoms. The molecule has 2 atom stereocenters. The number of pyridine rings is 1. The van der Waals surface area contributed by atoms with Gasteiger partial charge in [0.05, 0.1) is 18.8 Å². The van der Waals surface area contributed by atoms with Crippen LogP contribution in [0.5, 0.6) is 5.88 Å². The van der Waals surface area contributed by atoms with E-state index in [0.717, 1.165) is 29.1 Å². The van der Waals surface area contributed by atoms with Crippen LogP contribution < -0.4 is 9.64 Å². The molecule has 0 amide bonds. The maximum Gasteiger partial charge on any atom is 0.216 e. The number of morpholine rings is 1. The summed E-state index contributed by atoms with van der Waals surface area (Å²) in [6.45, 7) is 6.41. The molecule has 2 rings (SSSR count). The first-order valence-corrected chi connectivity index (χ1v) is 7.47. The van der Waals surface area contributed by atoms with Gasteiger partial charge in [-0.2, -0.15) is 4.98 Å². The van der Waals surface area contributed by atoms with E-state index in [2.05, 4.69) is 39.4 Å². The number of aliphatic hydroxyl groups excluding tert-OH is 1. The van der Waals surface area contributed by atoms with Gasteiger partial charge in [-0.3, -0.25) is 0 Å². The highest BCUT2D eigenvalue weighted by molar-refractivity contribution is 14.1. The Hall–Kier alpha value is -0.600. The van der Waals surface area contributed by atoms with Gasteiger partial charge in [0, 0.05) is 22.7 Å². The first-order chi connectivity index (χ1) is 9.04. The summed E-state index contributed by atoms with van der Waals surface area (Å²) in [7, 11) is 0. The van der Waals surface area contributed by atoms with E-state index in [1.807, 2.05) is 12.1 Å². The van der Waals surface area contributed by atoms with E-state index in [9.17, 15) is 5.11 Å². The predicted octanol–water partition coefficient (Wildman–Crippen LogP) is 1.67. The minimum Gasteiger partial charge on any atom is -0.475 e. The molecule has 0 spiro atoms. The van der Waals surface area contributed by atoms with E-state index in [1.54, 1.807) is 6.92 Å². The lowest BCUT2D eigenvalue weighted by Gasteiger charge is -2.32. The first kappa shape index (κ1) is 14.8. The Morgan fingerprint density at radius 2 is 2.42 bits per heavy atom. The maximum atomic E-state index is 9.25. The number of hydrogen-bond donors (Lipinski definition) is 1. The van der Waals surface area contributed by atoms with Crippen LogP contribution in [0.15, 0.2) is 12.1 Å². The molecule has 5 nitrogen and oxygen atoms in total. The van der Waals surface area contributed by atoms with Gasteiger partial charge in [-0.1, -0.05) is 0 Å². The minimum atomic E-state index is -0.494. The van der Waals surface area contributed by atoms with Gasteiger partial charge < -0.3 is 19.5 Å². The molecule has 1 N–H and O–H groups in total. The van der Waals surface area contributed by atoms with Crippen LogP contribution in [-0.2, 0) is 4.74 Å². The maximum absolute atomic E-state index is 9.25. The summed E-state index contributed by atoms with van der Waals surface area (Å²) in [4.78, 5) is 6.70. The second-order valence-corrected chi connectivity index (χ2v) is 6.01. The standard InChI is InChI=1S/C13H19IN2O3/c1-9(17)8-19-13-6-11(14)5-12(15-13)16-3-4-18-10(2)7-16/h5-6,9-10,17H,3-4,7-8H2,1-2H3/t9?,10-/m0/s1. The fraction of sp³-hybridized carbons (Fsp3) is 0.615. The lowest BCUT2D eigenvalue weighted by Crippen LogP contribution is -2.41. The lowest BCUT2D eigenvalue weighted by molar-refractivity contribution is 0.0528. The molecule has 1 aliphatic rings. The van der Waals surface area contributed by atoms with E-state index in [-0.39, 0.29) is 12.7 Å². The average molecular weight is 378 g/mol. The minimum absolute atomic E-state index is 0.218. The fourth-order valence-electron chi connectivity index (χ4n) is 1.93. The Morgan fingerprint density at radius 1 is 1.63 bits per heavy atom. The van der Waals surface area contributed by atoms with Crippen LogP contribution in [0.2, 0.25) is 0 Å². The van der Waals surface area contributed by atoms with Crippen molar-refractivity contribution < 1.29 is 14.6 Å². The molecular formula is C13H19IN2O3. The van der Waals surface area contributed by atoms with Crippen molar-refractivity contribution >= 4 is 28.4 Å². The van der Waals surface area contributed by atoms with Crippen LogP contribution in [0.3, 0.4) is 0 Å². The molecule has 0 saturated carbocycles. The predicted molar refractivity (Wildman–Crippen MR) is 81.8 cm³/mol. The Labute approximate surface area is 127 Å². The van der Waals surface area contributed by atoms with Crippen LogP contribution >= 0.6 is 22.6 Å². The SMILES string of the molecule is CC(O)COc1cc(I)cc(N2CCO[C@@H](C)C2)n1. The summed E-state index contributed by atoms with van der Waals surface area (Å²) in [5, 5.41) is 9.25. The first-order valence-electron chi connectivity index (χ1n) is 6.39. The van der Waals surface area contributed by atoms with Gasteiger partial charge in [0.15, 0.2) is 0 Å². The molecule has 0 aromatic carbocycles. The molecule has 106 valence electrons. The highest BCUT2D eigenvalue weighted by Gasteiger charge is 2.19. The largest absolute Gasteiger partial charge is 0.475 e. The average Bonchev–Trinajstić information content (AvgIpc) is 2.36. The van der Waals surface area contributed by atoms with E-state index in [1.165, 1.54) is 0 Å². The molecule has 1 unspecified atom stereocenters. The summed E-state index contributed by atoms with van der Waals surface area (Å²) in [5.41, 5.74) is 0. The third-order valence-corrected chi connectivity index (χ3v) is 3.41. The smallest absolute Gasteiger partial charge is 0.216 e. The monoisotopic (exact) mass is 378 g/mol. The molecule has 2 heterocycles. The van der Waals surface area contributed by atoms with Crippen molar-refractivity contribution in [2.45, 2.75) is 26.1 Å². The zero-order valence-electron chi connectivity index (χ0n) is 11.2. The van der Waals surface area contributed by atoms with Gasteiger partial charge in [0.2, 0.25) is 5.88 Å². The Bertz CT molecular complexity index is 428. The van der Waals surface area contributed by atoms with Crippen molar-refractivity contribution in [3.8, 4) is 5.88 Å². The van der Waals surface area contributed by atoms with Crippen LogP contribution in [0, 0.1) is 3.57 Å². The molecular weight excluding hydrogens is 359 g/mol. The van der Waals surface area contributed by atoms with Crippen molar-refractivity contribution in [3.63, 3.8) is 0 Å². The van der Waals surface area contributed by atoms with Gasteiger partial charge in [-0.05, 0) is 42.5 Å². The normalized spacial score (nSPS) is 21.3. The summed E-state index contributed by atoms with van der Waals surface area (Å²) in [5.74, 6) is 1.46. The number of rotatable bonds is 4. The molecule has 1 aromatic rings. The molecule has 1 aliphatic heterocycles. The summed E-state index contributed by atoms with van der Waals surface area (Å²) in [6.07, 6.45) is -0.276. The van der Waals surface area contributed by atoms with Crippen molar-refractivity contribution in [3.05, 3.63) is 15.7 Å². The molecule has 1 saturated heterocycles. The van der Waals surface area contributed by atoms with Gasteiger partial charge >= 0.3 is 0 Å². The molecule has 1 fully saturated rings. The van der Waals surface area contributed by atoms with Crippen LogP contribution in [0.25, 0.3) is 0 Å². The van der Waals surface area contributed by atoms with Crippen LogP contribution in [-0.4, -0.2) is 48.6 Å². The molecule has 0 radical (unpaired) electrons. The number of halogens is 1. The molecule has 0 aliphatic carbocycles. The van der Waals surface area contributed by atoms with Gasteiger partial charge in [0.1, 0.15) is 12.4 Å². The van der Waals surface area contributed by atoms with Crippen LogP contribution in [0.4, 0.5) is 5.82 Å². The Balaban J connectivity index is 2.11. The topological polar surface area (TPSA) is 54.8 Å². The number of aliphatic hydroxyl groups is 1. The van der Waals surface area contributed by atoms with Gasteiger partial charge in [-0.15, -0.1) is 0 Å². The number of aromatic nitrogens is 1. The fourth-order valence-corrected chi connectivity index (χ4v) is 2.47. The quantitative estimate of drug-likeness (QED) is 0.808. The molecule has 19 heavy (non-hydrogen) atoms.